The lowest BCUT2D eigenvalue weighted by atomic mass is 9.91. The molecule has 0 aliphatic carbocycles. The van der Waals surface area contributed by atoms with Gasteiger partial charge < -0.3 is 36.4 Å². The molecule has 0 aliphatic rings. The van der Waals surface area contributed by atoms with Crippen LogP contribution < -0.4 is 26.6 Å². The molecule has 14 nitrogen and oxygen atoms in total. The molecular weight excluding hydrogens is 715 g/mol. The van der Waals surface area contributed by atoms with Crippen LogP contribution in [-0.2, 0) is 40.3 Å². The third-order valence-corrected chi connectivity index (χ3v) is 9.31. The Morgan fingerprint density at radius 1 is 0.685 bits per heavy atom. The van der Waals surface area contributed by atoms with Gasteiger partial charge >= 0.3 is 6.09 Å². The topological polar surface area (TPSA) is 209 Å². The maximum Gasteiger partial charge on any atom is 0.408 e. The first-order valence-electron chi connectivity index (χ1n) is 18.9. The van der Waals surface area contributed by atoms with Crippen LogP contribution in [0.5, 0.6) is 0 Å². The molecule has 6 N–H and O–H groups in total. The fraction of sp³-hybridized carbons (Fsp3) is 0.718. The molecule has 5 amide bonds. The maximum atomic E-state index is 13.8. The molecule has 1 aromatic carbocycles. The summed E-state index contributed by atoms with van der Waals surface area (Å²) in [5, 5.41) is 25.1. The monoisotopic (exact) mass is 781 g/mol. The second-order valence-electron chi connectivity index (χ2n) is 16.7. The zero-order valence-electron chi connectivity index (χ0n) is 34.2. The van der Waals surface area contributed by atoms with Crippen LogP contribution in [0.25, 0.3) is 0 Å². The third-order valence-electron chi connectivity index (χ3n) is 8.33. The van der Waals surface area contributed by atoms with Crippen molar-refractivity contribution in [2.75, 3.05) is 12.0 Å². The first-order chi connectivity index (χ1) is 24.9. The number of carbonyl (C=O) groups is 5. The van der Waals surface area contributed by atoms with Crippen molar-refractivity contribution in [3.8, 4) is 0 Å². The van der Waals surface area contributed by atoms with Gasteiger partial charge in [0.15, 0.2) is 0 Å². The first kappa shape index (κ1) is 48.3. The second kappa shape index (κ2) is 22.6. The van der Waals surface area contributed by atoms with E-state index in [2.05, 4.69) is 26.6 Å². The number of amides is 5. The first-order valence-corrected chi connectivity index (χ1v) is 21.0. The predicted octanol–water partition coefficient (Wildman–Crippen LogP) is 3.61. The molecule has 0 radical (unpaired) electrons. The Morgan fingerprint density at radius 2 is 1.19 bits per heavy atom. The Morgan fingerprint density at radius 3 is 1.69 bits per heavy atom. The molecule has 6 atom stereocenters. The number of benzene rings is 1. The third kappa shape index (κ3) is 20.7. The van der Waals surface area contributed by atoms with Crippen LogP contribution in [0.1, 0.15) is 107 Å². The highest BCUT2D eigenvalue weighted by atomic mass is 32.2. The van der Waals surface area contributed by atoms with Crippen molar-refractivity contribution >= 4 is 39.6 Å². The average Bonchev–Trinajstić information content (AvgIpc) is 3.02. The summed E-state index contributed by atoms with van der Waals surface area (Å²) in [6.07, 6.45) is -0.395. The van der Waals surface area contributed by atoms with E-state index >= 15 is 0 Å². The van der Waals surface area contributed by atoms with E-state index in [1.165, 1.54) is 0 Å². The lowest BCUT2D eigenvalue weighted by Crippen LogP contribution is -2.57. The Kier molecular flexibility index (Phi) is 20.2. The largest absolute Gasteiger partial charge is 0.444 e. The van der Waals surface area contributed by atoms with E-state index in [0.29, 0.717) is 19.4 Å². The number of aliphatic hydroxyl groups is 1. The summed E-state index contributed by atoms with van der Waals surface area (Å²) < 4.78 is 29.6. The molecule has 0 saturated carbocycles. The molecule has 308 valence electrons. The van der Waals surface area contributed by atoms with Gasteiger partial charge in [-0.3, -0.25) is 19.2 Å². The van der Waals surface area contributed by atoms with Crippen molar-refractivity contribution in [2.45, 2.75) is 144 Å². The lowest BCUT2D eigenvalue weighted by Gasteiger charge is -2.30. The summed E-state index contributed by atoms with van der Waals surface area (Å²) in [6, 6.07) is 5.35. The summed E-state index contributed by atoms with van der Waals surface area (Å²) in [4.78, 5) is 66.4. The minimum Gasteiger partial charge on any atom is -0.444 e. The quantitative estimate of drug-likeness (QED) is 0.101. The SMILES string of the molecule is CC(C)C[C@H](NC(=O)OC(C)(C)C)C(=O)N[C@H](CCS(C)(=O)=O)C(=O)N[C@@H](CC(C)C)[C@@H](O)C[C@@H](C)C(=O)N[C@@H](CC(C)C)C(=O)NCc1ccccc1. The predicted molar refractivity (Wildman–Crippen MR) is 210 cm³/mol. The number of carbonyl (C=O) groups excluding carboxylic acids is 5. The highest BCUT2D eigenvalue weighted by molar-refractivity contribution is 7.90. The van der Waals surface area contributed by atoms with Gasteiger partial charge in [-0.1, -0.05) is 78.8 Å². The Labute approximate surface area is 323 Å². The van der Waals surface area contributed by atoms with Crippen molar-refractivity contribution in [3.05, 3.63) is 35.9 Å². The van der Waals surface area contributed by atoms with E-state index in [1.54, 1.807) is 27.7 Å². The molecule has 1 rings (SSSR count). The van der Waals surface area contributed by atoms with Gasteiger partial charge in [-0.15, -0.1) is 0 Å². The normalized spacial score (nSPS) is 15.4. The zero-order chi connectivity index (χ0) is 41.4. The average molecular weight is 782 g/mol. The molecule has 0 fully saturated rings. The van der Waals surface area contributed by atoms with Crippen LogP contribution in [0.3, 0.4) is 0 Å². The van der Waals surface area contributed by atoms with E-state index in [4.69, 9.17) is 4.74 Å². The number of sulfone groups is 1. The molecule has 1 aromatic rings. The Balaban J connectivity index is 3.15. The second-order valence-corrected chi connectivity index (χ2v) is 18.9. The highest BCUT2D eigenvalue weighted by Crippen LogP contribution is 2.18. The molecule has 54 heavy (non-hydrogen) atoms. The van der Waals surface area contributed by atoms with Gasteiger partial charge in [0.05, 0.1) is 17.9 Å². The van der Waals surface area contributed by atoms with Crippen molar-refractivity contribution in [2.24, 2.45) is 23.7 Å². The van der Waals surface area contributed by atoms with E-state index in [9.17, 15) is 37.5 Å². The van der Waals surface area contributed by atoms with E-state index in [1.807, 2.05) is 71.9 Å². The summed E-state index contributed by atoms with van der Waals surface area (Å²) in [5.41, 5.74) is 0.0965. The van der Waals surface area contributed by atoms with Gasteiger partial charge in [0, 0.05) is 18.7 Å². The number of rotatable bonds is 22. The van der Waals surface area contributed by atoms with Crippen LogP contribution in [-0.4, -0.2) is 91.1 Å². The summed E-state index contributed by atoms with van der Waals surface area (Å²) in [6.45, 7) is 18.4. The summed E-state index contributed by atoms with van der Waals surface area (Å²) in [7, 11) is -3.54. The fourth-order valence-electron chi connectivity index (χ4n) is 5.69. The van der Waals surface area contributed by atoms with E-state index in [0.717, 1.165) is 11.8 Å². The summed E-state index contributed by atoms with van der Waals surface area (Å²) >= 11 is 0. The van der Waals surface area contributed by atoms with Gasteiger partial charge in [0.1, 0.15) is 33.6 Å². The molecule has 0 unspecified atom stereocenters. The highest BCUT2D eigenvalue weighted by Gasteiger charge is 2.33. The van der Waals surface area contributed by atoms with Gasteiger partial charge in [0.25, 0.3) is 0 Å². The fourth-order valence-corrected chi connectivity index (χ4v) is 6.35. The number of nitrogens with one attached hydrogen (secondary N) is 5. The van der Waals surface area contributed by atoms with Crippen LogP contribution in [0, 0.1) is 23.7 Å². The van der Waals surface area contributed by atoms with Crippen LogP contribution in [0.2, 0.25) is 0 Å². The molecular formula is C39H67N5O9S. The van der Waals surface area contributed by atoms with Crippen LogP contribution in [0.4, 0.5) is 4.79 Å². The van der Waals surface area contributed by atoms with Crippen LogP contribution >= 0.6 is 0 Å². The zero-order valence-corrected chi connectivity index (χ0v) is 35.0. The van der Waals surface area contributed by atoms with Crippen LogP contribution in [0.15, 0.2) is 30.3 Å². The lowest BCUT2D eigenvalue weighted by molar-refractivity contribution is -0.132. The number of hydrogen-bond acceptors (Lipinski definition) is 9. The number of hydrogen-bond donors (Lipinski definition) is 6. The molecule has 0 saturated heterocycles. The molecule has 0 spiro atoms. The van der Waals surface area contributed by atoms with Crippen molar-refractivity contribution in [3.63, 3.8) is 0 Å². The van der Waals surface area contributed by atoms with Gasteiger partial charge in [-0.25, -0.2) is 13.2 Å². The maximum absolute atomic E-state index is 13.8. The molecule has 0 aromatic heterocycles. The number of alkyl carbamates (subject to hydrolysis) is 1. The Bertz CT molecular complexity index is 1460. The van der Waals surface area contributed by atoms with Crippen molar-refractivity contribution in [1.82, 2.24) is 26.6 Å². The molecule has 0 aliphatic heterocycles. The van der Waals surface area contributed by atoms with Gasteiger partial charge in [-0.2, -0.15) is 0 Å². The Hall–Kier alpha value is -3.72. The molecule has 0 bridgehead atoms. The van der Waals surface area contributed by atoms with Gasteiger partial charge in [-0.05, 0) is 76.2 Å². The smallest absolute Gasteiger partial charge is 0.408 e. The van der Waals surface area contributed by atoms with E-state index in [-0.39, 0.29) is 42.9 Å². The summed E-state index contributed by atoms with van der Waals surface area (Å²) in [5.74, 6) is -3.27. The number of ether oxygens (including phenoxy) is 1. The number of aliphatic hydroxyl groups excluding tert-OH is 1. The standard InChI is InChI=1S/C39H67N5O9S/c1-24(2)19-30(33(45)22-27(7)34(46)43-31(20-25(3)4)35(47)40-23-28-15-13-12-14-16-28)42-36(48)29(17-18-54(11,51)52)41-37(49)32(21-26(5)6)44-38(50)53-39(8,9)10/h12-16,24-27,29-33,45H,17-23H2,1-11H3,(H,40,47)(H,41,49)(H,42,48)(H,43,46)(H,44,50)/t27-,29-,30+,31+,32+,33+/m1/s1. The van der Waals surface area contributed by atoms with Gasteiger partial charge in [0.2, 0.25) is 23.6 Å². The molecule has 15 heteroatoms. The van der Waals surface area contributed by atoms with E-state index < -0.39 is 81.2 Å². The van der Waals surface area contributed by atoms with Crippen molar-refractivity contribution in [1.29, 1.82) is 0 Å². The molecule has 0 heterocycles. The van der Waals surface area contributed by atoms with Crippen molar-refractivity contribution < 1.29 is 42.2 Å². The minimum absolute atomic E-state index is 0.00433. The minimum atomic E-state index is -3.54.